The predicted molar refractivity (Wildman–Crippen MR) is 123 cm³/mol. The van der Waals surface area contributed by atoms with E-state index in [1.54, 1.807) is 6.07 Å². The average Bonchev–Trinajstić information content (AvgIpc) is 3.60. The van der Waals surface area contributed by atoms with E-state index in [2.05, 4.69) is 5.32 Å². The number of piperidine rings is 1. The molecule has 2 N–H and O–H groups in total. The van der Waals surface area contributed by atoms with Crippen molar-refractivity contribution in [1.29, 1.82) is 5.41 Å². The summed E-state index contributed by atoms with van der Waals surface area (Å²) in [4.78, 5) is 13.9. The number of benzene rings is 1. The van der Waals surface area contributed by atoms with Crippen LogP contribution < -0.4 is 10.1 Å². The minimum atomic E-state index is -2.63. The van der Waals surface area contributed by atoms with Crippen molar-refractivity contribution >= 4 is 12.1 Å². The number of nitrogens with zero attached hydrogens (tertiary/aromatic N) is 1. The SMILES string of the molecule is CCC(F)(F)CN1CCC([C@@H](CC=N)CCCOc2ccc(C(=O)NC3CC3)c(F)c2)CC1. The summed E-state index contributed by atoms with van der Waals surface area (Å²) in [7, 11) is 0. The van der Waals surface area contributed by atoms with Gasteiger partial charge in [-0.05, 0) is 88.2 Å². The first kappa shape index (κ1) is 25.5. The van der Waals surface area contributed by atoms with Crippen LogP contribution in [0.2, 0.25) is 0 Å². The van der Waals surface area contributed by atoms with E-state index in [1.165, 1.54) is 25.3 Å². The lowest BCUT2D eigenvalue weighted by Gasteiger charge is -2.37. The molecule has 184 valence electrons. The molecule has 0 bridgehead atoms. The molecule has 1 heterocycles. The number of carbonyl (C=O) groups excluding carboxylic acids is 1. The van der Waals surface area contributed by atoms with E-state index in [-0.39, 0.29) is 30.5 Å². The fourth-order valence-corrected chi connectivity index (χ4v) is 4.51. The van der Waals surface area contributed by atoms with Gasteiger partial charge in [0.1, 0.15) is 11.6 Å². The predicted octanol–water partition coefficient (Wildman–Crippen LogP) is 5.29. The van der Waals surface area contributed by atoms with Crippen molar-refractivity contribution < 1.29 is 22.7 Å². The zero-order valence-electron chi connectivity index (χ0n) is 19.4. The fraction of sp³-hybridized carbons (Fsp3) is 0.680. The van der Waals surface area contributed by atoms with E-state index < -0.39 is 11.7 Å². The third kappa shape index (κ3) is 8.02. The Morgan fingerprint density at radius 1 is 1.30 bits per heavy atom. The second-order valence-electron chi connectivity index (χ2n) is 9.40. The summed E-state index contributed by atoms with van der Waals surface area (Å²) in [5, 5.41) is 10.3. The normalized spacial score (nSPS) is 18.7. The largest absolute Gasteiger partial charge is 0.493 e. The first-order chi connectivity index (χ1) is 15.8. The van der Waals surface area contributed by atoms with Crippen molar-refractivity contribution in [3.63, 3.8) is 0 Å². The van der Waals surface area contributed by atoms with Crippen LogP contribution in [0.1, 0.15) is 68.6 Å². The summed E-state index contributed by atoms with van der Waals surface area (Å²) >= 11 is 0. The third-order valence-electron chi connectivity index (χ3n) is 6.78. The Labute approximate surface area is 194 Å². The molecule has 0 radical (unpaired) electrons. The van der Waals surface area contributed by atoms with E-state index in [0.717, 1.165) is 38.5 Å². The standard InChI is InChI=1S/C25H36F3N3O2/c1-2-25(27,28)17-31-13-10-19(11-14-31)18(9-12-29)4-3-15-33-21-7-8-22(23(26)16-21)24(32)30-20-5-6-20/h7-8,12,16,18-20,29H,2-6,9-11,13-15,17H2,1H3,(H,30,32)/t18-/m1/s1. The van der Waals surface area contributed by atoms with Gasteiger partial charge in [-0.25, -0.2) is 13.2 Å². The summed E-state index contributed by atoms with van der Waals surface area (Å²) < 4.78 is 47.3. The van der Waals surface area contributed by atoms with Gasteiger partial charge in [0.15, 0.2) is 0 Å². The maximum absolute atomic E-state index is 14.3. The lowest BCUT2D eigenvalue weighted by atomic mass is 9.80. The van der Waals surface area contributed by atoms with Crippen LogP contribution in [0.3, 0.4) is 0 Å². The lowest BCUT2D eigenvalue weighted by molar-refractivity contribution is -0.0436. The highest BCUT2D eigenvalue weighted by Crippen LogP contribution is 2.32. The molecular formula is C25H36F3N3O2. The molecule has 1 aliphatic heterocycles. The van der Waals surface area contributed by atoms with Gasteiger partial charge in [0, 0.05) is 18.5 Å². The minimum Gasteiger partial charge on any atom is -0.493 e. The van der Waals surface area contributed by atoms with Gasteiger partial charge in [-0.1, -0.05) is 6.92 Å². The molecule has 0 spiro atoms. The van der Waals surface area contributed by atoms with Crippen molar-refractivity contribution in [2.75, 3.05) is 26.2 Å². The van der Waals surface area contributed by atoms with Gasteiger partial charge in [0.05, 0.1) is 18.7 Å². The molecule has 0 unspecified atom stereocenters. The zero-order chi connectivity index (χ0) is 23.8. The zero-order valence-corrected chi connectivity index (χ0v) is 19.4. The molecule has 2 fully saturated rings. The maximum atomic E-state index is 14.3. The van der Waals surface area contributed by atoms with Crippen LogP contribution in [0.25, 0.3) is 0 Å². The molecule has 1 amide bonds. The molecule has 1 aromatic carbocycles. The molecule has 2 aliphatic rings. The fourth-order valence-electron chi connectivity index (χ4n) is 4.51. The number of carbonyl (C=O) groups is 1. The number of rotatable bonds is 13. The van der Waals surface area contributed by atoms with Gasteiger partial charge in [0.25, 0.3) is 11.8 Å². The molecule has 5 nitrogen and oxygen atoms in total. The molecule has 8 heteroatoms. The number of hydrogen-bond donors (Lipinski definition) is 2. The van der Waals surface area contributed by atoms with Crippen molar-refractivity contribution in [2.45, 2.75) is 70.3 Å². The van der Waals surface area contributed by atoms with E-state index >= 15 is 0 Å². The van der Waals surface area contributed by atoms with Gasteiger partial charge in [-0.2, -0.15) is 0 Å². The first-order valence-corrected chi connectivity index (χ1v) is 12.1. The summed E-state index contributed by atoms with van der Waals surface area (Å²) in [6, 6.07) is 4.49. The summed E-state index contributed by atoms with van der Waals surface area (Å²) in [5.74, 6) is -2.47. The van der Waals surface area contributed by atoms with E-state index in [9.17, 15) is 18.0 Å². The highest BCUT2D eigenvalue weighted by Gasteiger charge is 2.33. The quantitative estimate of drug-likeness (QED) is 0.306. The summed E-state index contributed by atoms with van der Waals surface area (Å²) in [5.41, 5.74) is 0.0309. The van der Waals surface area contributed by atoms with Gasteiger partial charge >= 0.3 is 0 Å². The van der Waals surface area contributed by atoms with E-state index in [0.29, 0.717) is 43.7 Å². The van der Waals surface area contributed by atoms with Crippen LogP contribution >= 0.6 is 0 Å². The second kappa shape index (κ2) is 11.9. The van der Waals surface area contributed by atoms with Crippen LogP contribution in [0.5, 0.6) is 5.75 Å². The van der Waals surface area contributed by atoms with Gasteiger partial charge < -0.3 is 15.5 Å². The number of ether oxygens (including phenoxy) is 1. The molecule has 1 saturated carbocycles. The molecule has 1 aliphatic carbocycles. The van der Waals surface area contributed by atoms with Crippen LogP contribution in [0.15, 0.2) is 18.2 Å². The van der Waals surface area contributed by atoms with Crippen LogP contribution in [-0.4, -0.2) is 55.2 Å². The van der Waals surface area contributed by atoms with E-state index in [4.69, 9.17) is 10.1 Å². The molecule has 3 rings (SSSR count). The van der Waals surface area contributed by atoms with Crippen LogP contribution in [0, 0.1) is 23.1 Å². The highest BCUT2D eigenvalue weighted by atomic mass is 19.3. The van der Waals surface area contributed by atoms with Crippen LogP contribution in [0.4, 0.5) is 13.2 Å². The maximum Gasteiger partial charge on any atom is 0.260 e. The van der Waals surface area contributed by atoms with Crippen LogP contribution in [-0.2, 0) is 0 Å². The van der Waals surface area contributed by atoms with Crippen molar-refractivity contribution in [1.82, 2.24) is 10.2 Å². The second-order valence-corrected chi connectivity index (χ2v) is 9.40. The molecular weight excluding hydrogens is 431 g/mol. The number of alkyl halides is 2. The average molecular weight is 468 g/mol. The first-order valence-electron chi connectivity index (χ1n) is 12.1. The third-order valence-corrected chi connectivity index (χ3v) is 6.78. The molecule has 33 heavy (non-hydrogen) atoms. The summed E-state index contributed by atoms with van der Waals surface area (Å²) in [6.07, 6.45) is 7.24. The Morgan fingerprint density at radius 3 is 2.64 bits per heavy atom. The number of nitrogens with one attached hydrogen (secondary N) is 2. The molecule has 1 atom stereocenters. The van der Waals surface area contributed by atoms with Gasteiger partial charge in [-0.3, -0.25) is 9.69 Å². The smallest absolute Gasteiger partial charge is 0.260 e. The van der Waals surface area contributed by atoms with Crippen molar-refractivity contribution in [3.8, 4) is 5.75 Å². The molecule has 1 saturated heterocycles. The Balaban J connectivity index is 1.41. The van der Waals surface area contributed by atoms with Gasteiger partial charge in [-0.15, -0.1) is 0 Å². The van der Waals surface area contributed by atoms with Crippen molar-refractivity contribution in [3.05, 3.63) is 29.6 Å². The lowest BCUT2D eigenvalue weighted by Crippen LogP contribution is -2.42. The number of halogens is 3. The Morgan fingerprint density at radius 2 is 2.03 bits per heavy atom. The Kier molecular flexibility index (Phi) is 9.18. The number of amides is 1. The highest BCUT2D eigenvalue weighted by molar-refractivity contribution is 5.95. The van der Waals surface area contributed by atoms with E-state index in [1.807, 2.05) is 4.90 Å². The Hall–Kier alpha value is -2.09. The minimum absolute atomic E-state index is 0.0309. The molecule has 1 aromatic rings. The number of hydrogen-bond acceptors (Lipinski definition) is 4. The monoisotopic (exact) mass is 467 g/mol. The topological polar surface area (TPSA) is 65.4 Å². The van der Waals surface area contributed by atoms with Crippen molar-refractivity contribution in [2.24, 2.45) is 11.8 Å². The van der Waals surface area contributed by atoms with Gasteiger partial charge in [0.2, 0.25) is 0 Å². The Bertz CT molecular complexity index is 793. The summed E-state index contributed by atoms with van der Waals surface area (Å²) in [6.45, 7) is 3.11. The molecule has 0 aromatic heterocycles. The number of likely N-dealkylation sites (tertiary alicyclic amines) is 1.